The molecule has 0 radical (unpaired) electrons. The molecule has 0 aliphatic rings. The van der Waals surface area contributed by atoms with Crippen LogP contribution in [-0.4, -0.2) is 21.6 Å². The molecule has 0 saturated carbocycles. The van der Waals surface area contributed by atoms with Crippen LogP contribution in [-0.2, 0) is 6.54 Å². The summed E-state index contributed by atoms with van der Waals surface area (Å²) in [5.74, 6) is 0. The first-order chi connectivity index (χ1) is 17.2. The Bertz CT molecular complexity index is 1150. The highest BCUT2D eigenvalue weighted by Crippen LogP contribution is 2.33. The summed E-state index contributed by atoms with van der Waals surface area (Å²) in [5, 5.41) is 4.09. The van der Waals surface area contributed by atoms with E-state index >= 15 is 0 Å². The van der Waals surface area contributed by atoms with Gasteiger partial charge in [-0.05, 0) is 36.4 Å². The van der Waals surface area contributed by atoms with Crippen molar-refractivity contribution in [3.63, 3.8) is 0 Å². The highest BCUT2D eigenvalue weighted by Gasteiger charge is 2.17. The van der Waals surface area contributed by atoms with Gasteiger partial charge in [-0.3, -0.25) is 4.79 Å². The van der Waals surface area contributed by atoms with Crippen molar-refractivity contribution in [2.45, 2.75) is 50.7 Å². The molecule has 3 aromatic carbocycles. The van der Waals surface area contributed by atoms with E-state index in [4.69, 9.17) is 4.98 Å². The summed E-state index contributed by atoms with van der Waals surface area (Å²) in [4.78, 5) is 21.3. The van der Waals surface area contributed by atoms with Gasteiger partial charge in [-0.15, -0.1) is 0 Å². The summed E-state index contributed by atoms with van der Waals surface area (Å²) in [5.41, 5.74) is 5.65. The second-order valence-corrected chi connectivity index (χ2v) is 9.64. The molecule has 4 nitrogen and oxygen atoms in total. The number of thioether (sulfide) groups is 1. The molecular formula is C30H33N3OS. The maximum atomic E-state index is 13.1. The van der Waals surface area contributed by atoms with Gasteiger partial charge in [0, 0.05) is 23.2 Å². The smallest absolute Gasteiger partial charge is 0.227 e. The van der Waals surface area contributed by atoms with Gasteiger partial charge in [0.15, 0.2) is 5.16 Å². The van der Waals surface area contributed by atoms with Crippen LogP contribution in [0.4, 0.5) is 0 Å². The first-order valence-electron chi connectivity index (χ1n) is 12.5. The summed E-state index contributed by atoms with van der Waals surface area (Å²) < 4.78 is 0. The van der Waals surface area contributed by atoms with Gasteiger partial charge in [-0.1, -0.05) is 111 Å². The molecule has 0 aliphatic heterocycles. The molecule has 0 spiro atoms. The topological polar surface area (TPSA) is 57.8 Å². The second kappa shape index (κ2) is 13.1. The van der Waals surface area contributed by atoms with Crippen LogP contribution in [0.2, 0.25) is 0 Å². The molecule has 0 atom stereocenters. The van der Waals surface area contributed by atoms with Crippen LogP contribution in [0.25, 0.3) is 22.5 Å². The maximum absolute atomic E-state index is 13.1. The van der Waals surface area contributed by atoms with Gasteiger partial charge < -0.3 is 10.3 Å². The molecule has 0 fully saturated rings. The normalized spacial score (nSPS) is 11.0. The van der Waals surface area contributed by atoms with E-state index in [1.54, 1.807) is 0 Å². The number of imidazole rings is 1. The molecular weight excluding hydrogens is 450 g/mol. The molecule has 0 aliphatic carbocycles. The Labute approximate surface area is 212 Å². The van der Waals surface area contributed by atoms with Gasteiger partial charge in [0.25, 0.3) is 0 Å². The zero-order valence-electron chi connectivity index (χ0n) is 20.3. The number of aromatic nitrogens is 2. The summed E-state index contributed by atoms with van der Waals surface area (Å²) in [6, 6.07) is 28.1. The molecule has 1 aromatic heterocycles. The van der Waals surface area contributed by atoms with Crippen LogP contribution in [0.1, 0.15) is 54.9 Å². The Balaban J connectivity index is 1.44. The zero-order valence-corrected chi connectivity index (χ0v) is 21.1. The average Bonchev–Trinajstić information content (AvgIpc) is 3.33. The number of carbonyl (C=O) groups is 1. The highest BCUT2D eigenvalue weighted by molar-refractivity contribution is 8.14. The van der Waals surface area contributed by atoms with Crippen molar-refractivity contribution in [2.75, 3.05) is 6.54 Å². The predicted octanol–water partition coefficient (Wildman–Crippen LogP) is 7.74. The predicted molar refractivity (Wildman–Crippen MR) is 147 cm³/mol. The average molecular weight is 484 g/mol. The van der Waals surface area contributed by atoms with E-state index in [9.17, 15) is 4.79 Å². The van der Waals surface area contributed by atoms with E-state index < -0.39 is 0 Å². The van der Waals surface area contributed by atoms with Crippen LogP contribution < -0.4 is 5.32 Å². The van der Waals surface area contributed by atoms with Crippen LogP contribution in [0.5, 0.6) is 0 Å². The first-order valence-corrected chi connectivity index (χ1v) is 13.3. The number of carbonyl (C=O) groups excluding carboxylic acids is 1. The Morgan fingerprint density at radius 2 is 1.57 bits per heavy atom. The van der Waals surface area contributed by atoms with Crippen molar-refractivity contribution in [3.05, 3.63) is 96.1 Å². The quantitative estimate of drug-likeness (QED) is 0.160. The molecule has 1 heterocycles. The fraction of sp³-hybridized carbons (Fsp3) is 0.267. The fourth-order valence-electron chi connectivity index (χ4n) is 4.06. The van der Waals surface area contributed by atoms with Crippen LogP contribution in [0, 0.1) is 0 Å². The lowest BCUT2D eigenvalue weighted by atomic mass is 10.1. The van der Waals surface area contributed by atoms with E-state index in [1.165, 1.54) is 32.1 Å². The highest BCUT2D eigenvalue weighted by atomic mass is 32.2. The van der Waals surface area contributed by atoms with E-state index in [0.29, 0.717) is 10.7 Å². The monoisotopic (exact) mass is 483 g/mol. The van der Waals surface area contributed by atoms with Crippen LogP contribution in [0.15, 0.2) is 90.1 Å². The number of rotatable bonds is 12. The summed E-state index contributed by atoms with van der Waals surface area (Å²) >= 11 is 1.14. The number of benzene rings is 3. The Kier molecular flexibility index (Phi) is 9.32. The molecule has 0 bridgehead atoms. The van der Waals surface area contributed by atoms with E-state index in [1.807, 2.05) is 66.7 Å². The van der Waals surface area contributed by atoms with Gasteiger partial charge >= 0.3 is 0 Å². The standard InChI is InChI=1S/C30H33N3OS/c1-2-3-4-5-12-20-31-22-23-14-13-19-26(21-23)29(34)35-30-32-27(24-15-8-6-9-16-24)28(33-30)25-17-10-7-11-18-25/h6-11,13-19,21,31H,2-5,12,20,22H2,1H3,(H,32,33). The maximum Gasteiger partial charge on any atom is 0.227 e. The van der Waals surface area contributed by atoms with E-state index in [2.05, 4.69) is 35.4 Å². The van der Waals surface area contributed by atoms with Crippen molar-refractivity contribution in [1.29, 1.82) is 0 Å². The third kappa shape index (κ3) is 7.17. The van der Waals surface area contributed by atoms with Crippen molar-refractivity contribution in [3.8, 4) is 22.5 Å². The van der Waals surface area contributed by atoms with Gasteiger partial charge in [-0.25, -0.2) is 4.98 Å². The number of H-pyrrole nitrogens is 1. The number of nitrogens with one attached hydrogen (secondary N) is 2. The minimum absolute atomic E-state index is 0.0145. The molecule has 180 valence electrons. The Hall–Kier alpha value is -3.15. The lowest BCUT2D eigenvalue weighted by molar-refractivity contribution is 0.108. The van der Waals surface area contributed by atoms with Crippen LogP contribution >= 0.6 is 11.8 Å². The largest absolute Gasteiger partial charge is 0.332 e. The first kappa shape index (κ1) is 25.0. The molecule has 4 rings (SSSR count). The number of aromatic amines is 1. The molecule has 0 unspecified atom stereocenters. The number of hydrogen-bond donors (Lipinski definition) is 2. The van der Waals surface area contributed by atoms with E-state index in [-0.39, 0.29) is 5.12 Å². The molecule has 5 heteroatoms. The van der Waals surface area contributed by atoms with Gasteiger partial charge in [0.05, 0.1) is 11.4 Å². The Morgan fingerprint density at radius 3 is 2.31 bits per heavy atom. The minimum Gasteiger partial charge on any atom is -0.332 e. The number of nitrogens with zero attached hydrogens (tertiary/aromatic N) is 1. The van der Waals surface area contributed by atoms with Crippen molar-refractivity contribution < 1.29 is 4.79 Å². The number of unbranched alkanes of at least 4 members (excludes halogenated alkanes) is 4. The summed E-state index contributed by atoms with van der Waals surface area (Å²) in [6.07, 6.45) is 6.36. The SMILES string of the molecule is CCCCCCCNCc1cccc(C(=O)Sc2nc(-c3ccccc3)c(-c3ccccc3)[nH]2)c1. The third-order valence-electron chi connectivity index (χ3n) is 5.93. The molecule has 4 aromatic rings. The summed E-state index contributed by atoms with van der Waals surface area (Å²) in [6.45, 7) is 4.02. The molecule has 0 saturated heterocycles. The third-order valence-corrected chi connectivity index (χ3v) is 6.74. The van der Waals surface area contributed by atoms with Gasteiger partial charge in [0.1, 0.15) is 0 Å². The van der Waals surface area contributed by atoms with Crippen molar-refractivity contribution in [2.24, 2.45) is 0 Å². The minimum atomic E-state index is -0.0145. The molecule has 35 heavy (non-hydrogen) atoms. The van der Waals surface area contributed by atoms with Gasteiger partial charge in [0.2, 0.25) is 5.12 Å². The van der Waals surface area contributed by atoms with Crippen LogP contribution in [0.3, 0.4) is 0 Å². The lowest BCUT2D eigenvalue weighted by Gasteiger charge is -2.06. The zero-order chi connectivity index (χ0) is 24.3. The fourth-order valence-corrected chi connectivity index (χ4v) is 4.77. The van der Waals surface area contributed by atoms with Crippen molar-refractivity contribution >= 4 is 16.9 Å². The number of hydrogen-bond acceptors (Lipinski definition) is 4. The molecule has 2 N–H and O–H groups in total. The second-order valence-electron chi connectivity index (χ2n) is 8.68. The van der Waals surface area contributed by atoms with Crippen molar-refractivity contribution in [1.82, 2.24) is 15.3 Å². The van der Waals surface area contributed by atoms with Gasteiger partial charge in [-0.2, -0.15) is 0 Å². The Morgan fingerprint density at radius 1 is 0.857 bits per heavy atom. The molecule has 0 amide bonds. The lowest BCUT2D eigenvalue weighted by Crippen LogP contribution is -2.14. The summed E-state index contributed by atoms with van der Waals surface area (Å²) in [7, 11) is 0. The van der Waals surface area contributed by atoms with E-state index in [0.717, 1.165) is 52.9 Å².